The highest BCUT2D eigenvalue weighted by molar-refractivity contribution is 5.95. The molecule has 5 nitrogen and oxygen atoms in total. The van der Waals surface area contributed by atoms with Gasteiger partial charge in [-0.1, -0.05) is 6.92 Å². The number of halogens is 2. The van der Waals surface area contributed by atoms with Crippen LogP contribution in [0.1, 0.15) is 30.1 Å². The second kappa shape index (κ2) is 5.06. The monoisotopic (exact) mass is 324 g/mol. The first-order valence-electron chi connectivity index (χ1n) is 7.86. The summed E-state index contributed by atoms with van der Waals surface area (Å²) >= 11 is 0. The van der Waals surface area contributed by atoms with Crippen LogP contribution in [0.4, 0.5) is 8.78 Å². The van der Waals surface area contributed by atoms with E-state index < -0.39 is 6.29 Å². The van der Waals surface area contributed by atoms with Crippen molar-refractivity contribution in [1.29, 1.82) is 0 Å². The number of amides is 1. The van der Waals surface area contributed by atoms with Crippen LogP contribution < -0.4 is 14.8 Å². The maximum absolute atomic E-state index is 13.0. The van der Waals surface area contributed by atoms with Crippen LogP contribution in [-0.4, -0.2) is 42.3 Å². The molecular formula is C16H18F2N2O3. The minimum Gasteiger partial charge on any atom is -0.395 e. The van der Waals surface area contributed by atoms with E-state index in [1.54, 1.807) is 0 Å². The van der Waals surface area contributed by atoms with Gasteiger partial charge in [0.05, 0.1) is 0 Å². The van der Waals surface area contributed by atoms with Crippen molar-refractivity contribution in [1.82, 2.24) is 10.2 Å². The SMILES string of the molecule is C[C@H]1CN(C2CC2)C[C@@H]1NC(=O)c1ccc2c(c1)OC(F)(F)O2. The molecule has 1 saturated carbocycles. The van der Waals surface area contributed by atoms with Crippen LogP contribution in [0.3, 0.4) is 0 Å². The Balaban J connectivity index is 1.44. The Bertz CT molecular complexity index is 648. The van der Waals surface area contributed by atoms with Gasteiger partial charge in [-0.25, -0.2) is 0 Å². The number of nitrogens with zero attached hydrogens (tertiary/aromatic N) is 1. The lowest BCUT2D eigenvalue weighted by atomic mass is 10.1. The fraction of sp³-hybridized carbons (Fsp3) is 0.562. The Hall–Kier alpha value is -1.89. The van der Waals surface area contributed by atoms with Crippen molar-refractivity contribution < 1.29 is 23.0 Å². The zero-order chi connectivity index (χ0) is 16.2. The molecule has 124 valence electrons. The topological polar surface area (TPSA) is 50.8 Å². The number of likely N-dealkylation sites (tertiary alicyclic amines) is 1. The third kappa shape index (κ3) is 2.85. The van der Waals surface area contributed by atoms with E-state index in [9.17, 15) is 13.6 Å². The number of rotatable bonds is 3. The number of hydrogen-bond donors (Lipinski definition) is 1. The average molecular weight is 324 g/mol. The first-order valence-corrected chi connectivity index (χ1v) is 7.86. The number of hydrogen-bond acceptors (Lipinski definition) is 4. The van der Waals surface area contributed by atoms with Gasteiger partial charge in [0, 0.05) is 30.7 Å². The molecule has 0 spiro atoms. The Morgan fingerprint density at radius 2 is 2.00 bits per heavy atom. The molecule has 1 aromatic carbocycles. The lowest BCUT2D eigenvalue weighted by molar-refractivity contribution is -0.286. The number of ether oxygens (including phenoxy) is 2. The molecule has 3 aliphatic rings. The summed E-state index contributed by atoms with van der Waals surface area (Å²) in [5.41, 5.74) is 0.294. The van der Waals surface area contributed by atoms with E-state index in [0.717, 1.165) is 13.1 Å². The van der Waals surface area contributed by atoms with Gasteiger partial charge in [-0.05, 0) is 37.0 Å². The molecular weight excluding hydrogens is 306 g/mol. The first-order chi connectivity index (χ1) is 10.9. The van der Waals surface area contributed by atoms with Crippen molar-refractivity contribution in [2.75, 3.05) is 13.1 Å². The van der Waals surface area contributed by atoms with E-state index in [2.05, 4.69) is 26.6 Å². The summed E-state index contributed by atoms with van der Waals surface area (Å²) in [5, 5.41) is 3.00. The molecule has 2 aliphatic heterocycles. The van der Waals surface area contributed by atoms with Gasteiger partial charge >= 0.3 is 6.29 Å². The van der Waals surface area contributed by atoms with E-state index >= 15 is 0 Å². The zero-order valence-corrected chi connectivity index (χ0v) is 12.7. The molecule has 1 aliphatic carbocycles. The minimum absolute atomic E-state index is 0.0549. The van der Waals surface area contributed by atoms with Gasteiger partial charge in [0.2, 0.25) is 0 Å². The molecule has 23 heavy (non-hydrogen) atoms. The minimum atomic E-state index is -3.66. The number of fused-ring (bicyclic) bond motifs is 1. The summed E-state index contributed by atoms with van der Waals surface area (Å²) in [6.45, 7) is 3.96. The lowest BCUT2D eigenvalue weighted by Crippen LogP contribution is -2.40. The molecule has 1 saturated heterocycles. The van der Waals surface area contributed by atoms with Crippen LogP contribution in [0, 0.1) is 5.92 Å². The van der Waals surface area contributed by atoms with Crippen molar-refractivity contribution in [3.8, 4) is 11.5 Å². The van der Waals surface area contributed by atoms with E-state index in [1.165, 1.54) is 31.0 Å². The fourth-order valence-electron chi connectivity index (χ4n) is 3.27. The van der Waals surface area contributed by atoms with Gasteiger partial charge in [0.15, 0.2) is 11.5 Å². The fourth-order valence-corrected chi connectivity index (χ4v) is 3.27. The molecule has 4 rings (SSSR count). The summed E-state index contributed by atoms with van der Waals surface area (Å²) in [6.07, 6.45) is -1.18. The maximum Gasteiger partial charge on any atom is 0.586 e. The van der Waals surface area contributed by atoms with Crippen molar-refractivity contribution in [2.45, 2.75) is 38.1 Å². The van der Waals surface area contributed by atoms with Crippen LogP contribution in [0.2, 0.25) is 0 Å². The maximum atomic E-state index is 13.0. The summed E-state index contributed by atoms with van der Waals surface area (Å²) in [4.78, 5) is 14.8. The van der Waals surface area contributed by atoms with Crippen LogP contribution in [0.25, 0.3) is 0 Å². The van der Waals surface area contributed by atoms with Gasteiger partial charge in [0.1, 0.15) is 0 Å². The van der Waals surface area contributed by atoms with E-state index in [0.29, 0.717) is 17.5 Å². The number of benzene rings is 1. The number of carbonyl (C=O) groups is 1. The molecule has 2 atom stereocenters. The zero-order valence-electron chi connectivity index (χ0n) is 12.7. The lowest BCUT2D eigenvalue weighted by Gasteiger charge is -2.17. The van der Waals surface area contributed by atoms with Gasteiger partial charge in [-0.15, -0.1) is 8.78 Å². The molecule has 0 unspecified atom stereocenters. The summed E-state index contributed by atoms with van der Waals surface area (Å²) in [6, 6.07) is 4.85. The summed E-state index contributed by atoms with van der Waals surface area (Å²) in [5.74, 6) is -0.0681. The molecule has 0 bridgehead atoms. The van der Waals surface area contributed by atoms with Gasteiger partial charge in [0.25, 0.3) is 5.91 Å². The second-order valence-corrected chi connectivity index (χ2v) is 6.57. The summed E-state index contributed by atoms with van der Waals surface area (Å²) < 4.78 is 34.8. The van der Waals surface area contributed by atoms with Crippen molar-refractivity contribution in [3.05, 3.63) is 23.8 Å². The molecule has 2 fully saturated rings. The van der Waals surface area contributed by atoms with E-state index in [4.69, 9.17) is 0 Å². The van der Waals surface area contributed by atoms with Crippen molar-refractivity contribution >= 4 is 5.91 Å². The second-order valence-electron chi connectivity index (χ2n) is 6.57. The number of nitrogens with one attached hydrogen (secondary N) is 1. The number of alkyl halides is 2. The Labute approximate surface area is 132 Å². The van der Waals surface area contributed by atoms with Crippen LogP contribution in [0.15, 0.2) is 18.2 Å². The molecule has 1 amide bonds. The standard InChI is InChI=1S/C16H18F2N2O3/c1-9-7-20(11-3-4-11)8-12(9)19-15(21)10-2-5-13-14(6-10)23-16(17,18)22-13/h2,5-6,9,11-12H,3-4,7-8H2,1H3,(H,19,21)/t9-,12-/m0/s1. The smallest absolute Gasteiger partial charge is 0.395 e. The molecule has 0 aromatic heterocycles. The van der Waals surface area contributed by atoms with Gasteiger partial charge < -0.3 is 14.8 Å². The predicted molar refractivity (Wildman–Crippen MR) is 77.7 cm³/mol. The Kier molecular flexibility index (Phi) is 3.23. The van der Waals surface area contributed by atoms with Gasteiger partial charge in [-0.2, -0.15) is 0 Å². The normalized spacial score (nSPS) is 28.8. The van der Waals surface area contributed by atoms with Crippen molar-refractivity contribution in [2.24, 2.45) is 5.92 Å². The highest BCUT2D eigenvalue weighted by atomic mass is 19.3. The first kappa shape index (κ1) is 14.7. The van der Waals surface area contributed by atoms with Crippen LogP contribution in [-0.2, 0) is 0 Å². The van der Waals surface area contributed by atoms with E-state index in [-0.39, 0.29) is 23.4 Å². The highest BCUT2D eigenvalue weighted by Crippen LogP contribution is 2.41. The highest BCUT2D eigenvalue weighted by Gasteiger charge is 2.44. The molecule has 7 heteroatoms. The molecule has 1 N–H and O–H groups in total. The quantitative estimate of drug-likeness (QED) is 0.926. The molecule has 2 heterocycles. The Morgan fingerprint density at radius 3 is 2.74 bits per heavy atom. The summed E-state index contributed by atoms with van der Waals surface area (Å²) in [7, 11) is 0. The molecule has 0 radical (unpaired) electrons. The van der Waals surface area contributed by atoms with Crippen LogP contribution in [0.5, 0.6) is 11.5 Å². The third-order valence-electron chi connectivity index (χ3n) is 4.68. The predicted octanol–water partition coefficient (Wildman–Crippen LogP) is 2.22. The van der Waals surface area contributed by atoms with Crippen molar-refractivity contribution in [3.63, 3.8) is 0 Å². The van der Waals surface area contributed by atoms with E-state index in [1.807, 2.05) is 0 Å². The largest absolute Gasteiger partial charge is 0.586 e. The van der Waals surface area contributed by atoms with Crippen LogP contribution >= 0.6 is 0 Å². The molecule has 1 aromatic rings. The van der Waals surface area contributed by atoms with Gasteiger partial charge in [-0.3, -0.25) is 9.69 Å². The number of carbonyl (C=O) groups excluding carboxylic acids is 1. The third-order valence-corrected chi connectivity index (χ3v) is 4.68. The average Bonchev–Trinajstić information content (AvgIpc) is 3.19. The Morgan fingerprint density at radius 1 is 1.26 bits per heavy atom.